The van der Waals surface area contributed by atoms with Gasteiger partial charge in [0.2, 0.25) is 27.8 Å². The Morgan fingerprint density at radius 3 is 2.14 bits per heavy atom. The average Bonchev–Trinajstić information content (AvgIpc) is 3.79. The third-order valence-electron chi connectivity index (χ3n) is 14.9. The fraction of sp³-hybridized carbons (Fsp3) is 0.449. The molecular formula is C49H53F3N10O6S. The van der Waals surface area contributed by atoms with Crippen molar-refractivity contribution < 1.29 is 40.8 Å². The van der Waals surface area contributed by atoms with Gasteiger partial charge in [-0.3, -0.25) is 29.4 Å². The van der Waals surface area contributed by atoms with Gasteiger partial charge in [-0.1, -0.05) is 0 Å². The number of carbonyl (C=O) groups excluding carboxylic acids is 4. The van der Waals surface area contributed by atoms with Gasteiger partial charge in [0.25, 0.3) is 11.8 Å². The number of amides is 4. The predicted octanol–water partition coefficient (Wildman–Crippen LogP) is 6.73. The van der Waals surface area contributed by atoms with Crippen molar-refractivity contribution in [3.63, 3.8) is 0 Å². The van der Waals surface area contributed by atoms with E-state index in [-0.39, 0.29) is 68.7 Å². The Kier molecular flexibility index (Phi) is 12.1. The molecule has 1 spiro atoms. The molecule has 20 heteroatoms. The maximum absolute atomic E-state index is 15.5. The topological polar surface area (TPSA) is 183 Å². The van der Waals surface area contributed by atoms with Crippen molar-refractivity contribution in [1.29, 1.82) is 0 Å². The zero-order valence-electron chi connectivity index (χ0n) is 38.6. The standard InChI is InChI=1S/C49H53F3N10O6S/c1-28(2)61-29(3)54-44-37(51)22-31(23-41(44)61)43-38(52)26-53-48(57-43)55-32-4-6-33(7-5-32)69(67,68)60-20-14-49(15-21-60)12-18-58(19-13-49)27-30-10-16-59(17-11-30)40-25-35-34(24-36(40)50)46(65)62(47(35)66)39-8-9-42(63)56-45(39)64/h4-7,22-26,28,30,39H,8-21,27H2,1-3H3,(H,53,55,57)(H,56,63,64). The summed E-state index contributed by atoms with van der Waals surface area (Å²) in [6, 6.07) is 10.5. The van der Waals surface area contributed by atoms with Gasteiger partial charge in [-0.2, -0.15) is 4.31 Å². The molecule has 3 aromatic carbocycles. The summed E-state index contributed by atoms with van der Waals surface area (Å²) in [5.74, 6) is -3.41. The molecule has 362 valence electrons. The van der Waals surface area contributed by atoms with E-state index in [1.165, 1.54) is 24.3 Å². The molecule has 4 amide bonds. The second kappa shape index (κ2) is 17.9. The zero-order chi connectivity index (χ0) is 48.5. The maximum Gasteiger partial charge on any atom is 0.262 e. The molecule has 0 bridgehead atoms. The number of nitrogens with one attached hydrogen (secondary N) is 2. The first-order valence-corrected chi connectivity index (χ1v) is 25.0. The number of nitrogens with zero attached hydrogens (tertiary/aromatic N) is 8. The van der Waals surface area contributed by atoms with Crippen LogP contribution in [0.2, 0.25) is 0 Å². The van der Waals surface area contributed by atoms with E-state index >= 15 is 13.2 Å². The van der Waals surface area contributed by atoms with Crippen LogP contribution in [0.25, 0.3) is 22.3 Å². The highest BCUT2D eigenvalue weighted by molar-refractivity contribution is 7.89. The number of hydrogen-bond donors (Lipinski definition) is 2. The summed E-state index contributed by atoms with van der Waals surface area (Å²) in [6.07, 6.45) is 6.17. The van der Waals surface area contributed by atoms with Gasteiger partial charge < -0.3 is 19.7 Å². The Morgan fingerprint density at radius 2 is 1.48 bits per heavy atom. The van der Waals surface area contributed by atoms with Crippen molar-refractivity contribution >= 4 is 62.0 Å². The molecule has 0 saturated carbocycles. The van der Waals surface area contributed by atoms with Crippen molar-refractivity contribution in [2.24, 2.45) is 11.3 Å². The number of rotatable bonds is 10. The van der Waals surface area contributed by atoms with E-state index in [4.69, 9.17) is 0 Å². The predicted molar refractivity (Wildman–Crippen MR) is 250 cm³/mol. The zero-order valence-corrected chi connectivity index (χ0v) is 39.4. The molecule has 69 heavy (non-hydrogen) atoms. The quantitative estimate of drug-likeness (QED) is 0.141. The highest BCUT2D eigenvalue weighted by Gasteiger charge is 2.46. The van der Waals surface area contributed by atoms with E-state index in [9.17, 15) is 27.6 Å². The molecular weight excluding hydrogens is 914 g/mol. The Labute approximate surface area is 397 Å². The summed E-state index contributed by atoms with van der Waals surface area (Å²) < 4.78 is 77.0. The SMILES string of the molecule is Cc1nc2c(F)cc(-c3nc(Nc4ccc(S(=O)(=O)N5CCC6(CCN(CC7CCN(c8cc9c(cc8F)C(=O)N(C8CCC(=O)NC8=O)C9=O)CC7)CC6)CC5)cc4)ncc3F)cc2n1C(C)C. The van der Waals surface area contributed by atoms with Crippen LogP contribution in [0.4, 0.5) is 30.5 Å². The minimum atomic E-state index is -3.78. The number of fused-ring (bicyclic) bond motifs is 2. The number of carbonyl (C=O) groups is 4. The molecule has 0 radical (unpaired) electrons. The number of imidazole rings is 1. The third-order valence-corrected chi connectivity index (χ3v) is 16.8. The van der Waals surface area contributed by atoms with E-state index in [2.05, 4.69) is 30.5 Å². The normalized spacial score (nSPS) is 20.7. The second-order valence-electron chi connectivity index (χ2n) is 19.4. The van der Waals surface area contributed by atoms with E-state index in [1.54, 1.807) is 29.4 Å². The smallest absolute Gasteiger partial charge is 0.262 e. The molecule has 10 rings (SSSR count). The average molecular weight is 967 g/mol. The molecule has 4 saturated heterocycles. The monoisotopic (exact) mass is 966 g/mol. The first kappa shape index (κ1) is 46.5. The summed E-state index contributed by atoms with van der Waals surface area (Å²) in [5.41, 5.74) is 1.65. The second-order valence-corrected chi connectivity index (χ2v) is 21.4. The van der Waals surface area contributed by atoms with Gasteiger partial charge >= 0.3 is 0 Å². The van der Waals surface area contributed by atoms with Crippen LogP contribution in [0.5, 0.6) is 0 Å². The molecule has 1 atom stereocenters. The van der Waals surface area contributed by atoms with Crippen LogP contribution >= 0.6 is 0 Å². The molecule has 1 unspecified atom stereocenters. The van der Waals surface area contributed by atoms with Crippen LogP contribution in [-0.2, 0) is 19.6 Å². The van der Waals surface area contributed by atoms with Gasteiger partial charge in [-0.05, 0) is 139 Å². The molecule has 2 N–H and O–H groups in total. The van der Waals surface area contributed by atoms with Gasteiger partial charge in [-0.15, -0.1) is 0 Å². The number of aromatic nitrogens is 4. The lowest BCUT2D eigenvalue weighted by Crippen LogP contribution is -2.54. The van der Waals surface area contributed by atoms with E-state index in [0.29, 0.717) is 49.1 Å². The van der Waals surface area contributed by atoms with Gasteiger partial charge in [0.15, 0.2) is 11.6 Å². The number of halogens is 3. The van der Waals surface area contributed by atoms with Gasteiger partial charge in [0, 0.05) is 56.4 Å². The van der Waals surface area contributed by atoms with E-state index in [1.807, 2.05) is 23.3 Å². The molecule has 4 fully saturated rings. The van der Waals surface area contributed by atoms with E-state index < -0.39 is 57.1 Å². The van der Waals surface area contributed by atoms with Crippen molar-refractivity contribution in [2.75, 3.05) is 56.0 Å². The highest BCUT2D eigenvalue weighted by Crippen LogP contribution is 2.43. The Bertz CT molecular complexity index is 3010. The number of piperidine rings is 4. The van der Waals surface area contributed by atoms with Crippen molar-refractivity contribution in [1.82, 2.24) is 38.9 Å². The van der Waals surface area contributed by atoms with Crippen LogP contribution in [0.1, 0.15) is 97.8 Å². The number of anilines is 3. The number of hydrogen-bond acceptors (Lipinski definition) is 12. The first-order chi connectivity index (χ1) is 33.0. The summed E-state index contributed by atoms with van der Waals surface area (Å²) >= 11 is 0. The lowest BCUT2D eigenvalue weighted by molar-refractivity contribution is -0.136. The van der Waals surface area contributed by atoms with Crippen LogP contribution in [-0.4, -0.2) is 118 Å². The molecule has 16 nitrogen and oxygen atoms in total. The lowest BCUT2D eigenvalue weighted by atomic mass is 9.71. The minimum Gasteiger partial charge on any atom is -0.369 e. The number of sulfonamides is 1. The number of likely N-dealkylation sites (tertiary alicyclic amines) is 1. The number of imide groups is 2. The van der Waals surface area contributed by atoms with Crippen molar-refractivity contribution in [3.05, 3.63) is 89.1 Å². The van der Waals surface area contributed by atoms with Gasteiger partial charge in [-0.25, -0.2) is 36.5 Å². The van der Waals surface area contributed by atoms with Crippen LogP contribution < -0.4 is 15.5 Å². The Hall–Kier alpha value is -6.25. The van der Waals surface area contributed by atoms with Crippen LogP contribution in [0, 0.1) is 35.7 Å². The third kappa shape index (κ3) is 8.64. The Morgan fingerprint density at radius 1 is 0.812 bits per heavy atom. The Balaban J connectivity index is 0.702. The molecule has 5 aliphatic rings. The van der Waals surface area contributed by atoms with Crippen LogP contribution in [0.15, 0.2) is 59.6 Å². The molecule has 5 aliphatic heterocycles. The maximum atomic E-state index is 15.5. The fourth-order valence-corrected chi connectivity index (χ4v) is 12.5. The minimum absolute atomic E-state index is 0.00143. The van der Waals surface area contributed by atoms with Crippen molar-refractivity contribution in [3.8, 4) is 11.3 Å². The summed E-state index contributed by atoms with van der Waals surface area (Å²) in [7, 11) is -3.78. The summed E-state index contributed by atoms with van der Waals surface area (Å²) in [4.78, 5) is 68.8. The molecule has 7 heterocycles. The summed E-state index contributed by atoms with van der Waals surface area (Å²) in [6.45, 7) is 10.4. The lowest BCUT2D eigenvalue weighted by Gasteiger charge is -2.47. The fourth-order valence-electron chi connectivity index (χ4n) is 11.0. The highest BCUT2D eigenvalue weighted by atomic mass is 32.2. The summed E-state index contributed by atoms with van der Waals surface area (Å²) in [5, 5.41) is 5.20. The first-order valence-electron chi connectivity index (χ1n) is 23.6. The van der Waals surface area contributed by atoms with Gasteiger partial charge in [0.05, 0.1) is 33.4 Å². The van der Waals surface area contributed by atoms with Crippen LogP contribution in [0.3, 0.4) is 0 Å². The number of aryl methyl sites for hydroxylation is 1. The van der Waals surface area contributed by atoms with E-state index in [0.717, 1.165) is 75.3 Å². The largest absolute Gasteiger partial charge is 0.369 e. The number of benzene rings is 3. The molecule has 5 aromatic rings. The van der Waals surface area contributed by atoms with Gasteiger partial charge in [0.1, 0.15) is 28.9 Å². The molecule has 0 aliphatic carbocycles. The van der Waals surface area contributed by atoms with Crippen molar-refractivity contribution in [2.45, 2.75) is 89.1 Å². The molecule has 2 aromatic heterocycles.